The van der Waals surface area contributed by atoms with Crippen molar-refractivity contribution in [1.82, 2.24) is 14.7 Å². The number of benzene rings is 2. The van der Waals surface area contributed by atoms with Crippen molar-refractivity contribution in [3.8, 4) is 17.0 Å². The Balaban J connectivity index is 1.43. The van der Waals surface area contributed by atoms with Crippen molar-refractivity contribution in [3.05, 3.63) is 59.8 Å². The minimum Gasteiger partial charge on any atom is -0.492 e. The Morgan fingerprint density at radius 2 is 1.89 bits per heavy atom. The number of aryl methyl sites for hydroxylation is 1. The molecule has 2 amide bonds. The lowest BCUT2D eigenvalue weighted by Crippen LogP contribution is -2.40. The van der Waals surface area contributed by atoms with Crippen LogP contribution in [0.2, 0.25) is 5.02 Å². The summed E-state index contributed by atoms with van der Waals surface area (Å²) in [7, 11) is 1.84. The molecule has 3 aromatic rings. The van der Waals surface area contributed by atoms with Crippen molar-refractivity contribution in [2.75, 3.05) is 36.9 Å². The van der Waals surface area contributed by atoms with E-state index in [-0.39, 0.29) is 11.9 Å². The zero-order valence-electron chi connectivity index (χ0n) is 19.4. The molecule has 1 saturated heterocycles. The highest BCUT2D eigenvalue weighted by atomic mass is 35.5. The van der Waals surface area contributed by atoms with Gasteiger partial charge >= 0.3 is 12.0 Å². The van der Waals surface area contributed by atoms with E-state index in [9.17, 15) is 14.7 Å². The predicted octanol–water partition coefficient (Wildman–Crippen LogP) is 4.56. The number of hydrogen-bond donors (Lipinski definition) is 3. The van der Waals surface area contributed by atoms with Crippen molar-refractivity contribution in [1.29, 1.82) is 0 Å². The summed E-state index contributed by atoms with van der Waals surface area (Å²) < 4.78 is 7.85. The van der Waals surface area contributed by atoms with Crippen LogP contribution in [-0.4, -0.2) is 58.0 Å². The molecule has 1 atom stereocenters. The van der Waals surface area contributed by atoms with E-state index < -0.39 is 5.97 Å². The molecule has 1 aliphatic heterocycles. The van der Waals surface area contributed by atoms with Crippen LogP contribution in [0.25, 0.3) is 11.3 Å². The Kier molecular flexibility index (Phi) is 7.89. The second-order valence-corrected chi connectivity index (χ2v) is 8.90. The van der Waals surface area contributed by atoms with Gasteiger partial charge in [-0.25, -0.2) is 4.79 Å². The van der Waals surface area contributed by atoms with Gasteiger partial charge in [-0.05, 0) is 67.9 Å². The van der Waals surface area contributed by atoms with Crippen LogP contribution in [0.3, 0.4) is 0 Å². The summed E-state index contributed by atoms with van der Waals surface area (Å²) in [6.45, 7) is 2.46. The molecule has 9 nitrogen and oxygen atoms in total. The van der Waals surface area contributed by atoms with Crippen LogP contribution in [0.5, 0.6) is 5.75 Å². The van der Waals surface area contributed by atoms with Gasteiger partial charge in [0.2, 0.25) is 0 Å². The summed E-state index contributed by atoms with van der Waals surface area (Å²) in [5, 5.41) is 19.8. The normalized spacial score (nSPS) is 16.0. The van der Waals surface area contributed by atoms with E-state index in [0.717, 1.165) is 30.6 Å². The first-order valence-corrected chi connectivity index (χ1v) is 11.8. The fourth-order valence-electron chi connectivity index (χ4n) is 4.14. The van der Waals surface area contributed by atoms with Gasteiger partial charge in [-0.15, -0.1) is 0 Å². The number of carboxylic acid groups (broad SMARTS) is 1. The smallest absolute Gasteiger partial charge is 0.323 e. The van der Waals surface area contributed by atoms with Crippen molar-refractivity contribution in [2.45, 2.75) is 12.8 Å². The van der Waals surface area contributed by atoms with E-state index in [4.69, 9.17) is 16.3 Å². The maximum atomic E-state index is 12.5. The van der Waals surface area contributed by atoms with E-state index in [1.165, 1.54) is 0 Å². The second kappa shape index (κ2) is 11.2. The average molecular weight is 498 g/mol. The molecule has 1 unspecified atom stereocenters. The van der Waals surface area contributed by atoms with Gasteiger partial charge in [-0.1, -0.05) is 11.6 Å². The second-order valence-electron chi connectivity index (χ2n) is 8.46. The van der Waals surface area contributed by atoms with E-state index in [2.05, 4.69) is 20.6 Å². The first-order valence-electron chi connectivity index (χ1n) is 11.4. The molecule has 2 heterocycles. The van der Waals surface area contributed by atoms with Crippen LogP contribution in [-0.2, 0) is 11.8 Å². The third kappa shape index (κ3) is 6.52. The van der Waals surface area contributed by atoms with Gasteiger partial charge in [-0.2, -0.15) is 5.10 Å². The standard InChI is InChI=1S/C25H28ClN5O4/c1-30-22(10-11-27-30)21-15-20(29-25(34)28-19-6-4-18(26)5-7-19)8-9-23(21)35-14-13-31-12-2-3-17(16-31)24(32)33/h4-11,15,17H,2-3,12-14,16H2,1H3,(H,32,33)(H2,28,29,34). The van der Waals surface area contributed by atoms with Crippen molar-refractivity contribution >= 4 is 35.0 Å². The molecule has 0 bridgehead atoms. The van der Waals surface area contributed by atoms with Gasteiger partial charge in [0.1, 0.15) is 12.4 Å². The van der Waals surface area contributed by atoms with Crippen molar-refractivity contribution in [3.63, 3.8) is 0 Å². The summed E-state index contributed by atoms with van der Waals surface area (Å²) in [5.74, 6) is -0.403. The van der Waals surface area contributed by atoms with Crippen LogP contribution < -0.4 is 15.4 Å². The number of nitrogens with zero attached hydrogens (tertiary/aromatic N) is 3. The first-order chi connectivity index (χ1) is 16.9. The molecular weight excluding hydrogens is 470 g/mol. The summed E-state index contributed by atoms with van der Waals surface area (Å²) in [4.78, 5) is 25.9. The van der Waals surface area contributed by atoms with Gasteiger partial charge < -0.3 is 20.5 Å². The van der Waals surface area contributed by atoms with Gasteiger partial charge in [0.25, 0.3) is 0 Å². The Bertz CT molecular complexity index is 1180. The number of nitrogens with one attached hydrogen (secondary N) is 2. The van der Waals surface area contributed by atoms with Crippen LogP contribution in [0, 0.1) is 5.92 Å². The lowest BCUT2D eigenvalue weighted by atomic mass is 9.98. The number of likely N-dealkylation sites (tertiary alicyclic amines) is 1. The fourth-order valence-corrected chi connectivity index (χ4v) is 4.27. The molecule has 0 spiro atoms. The lowest BCUT2D eigenvalue weighted by molar-refractivity contribution is -0.143. The molecule has 4 rings (SSSR count). The molecule has 1 aliphatic rings. The van der Waals surface area contributed by atoms with E-state index in [1.54, 1.807) is 41.2 Å². The highest BCUT2D eigenvalue weighted by Gasteiger charge is 2.25. The minimum atomic E-state index is -0.739. The summed E-state index contributed by atoms with van der Waals surface area (Å²) in [5.41, 5.74) is 2.85. The number of carbonyl (C=O) groups is 2. The number of urea groups is 1. The third-order valence-corrected chi connectivity index (χ3v) is 6.21. The molecule has 0 aliphatic carbocycles. The number of hydrogen-bond acceptors (Lipinski definition) is 5. The molecule has 2 aromatic carbocycles. The number of anilines is 2. The maximum absolute atomic E-state index is 12.5. The zero-order chi connectivity index (χ0) is 24.8. The summed E-state index contributed by atoms with van der Waals surface area (Å²) >= 11 is 5.90. The largest absolute Gasteiger partial charge is 0.492 e. The van der Waals surface area contributed by atoms with E-state index in [1.807, 2.05) is 25.2 Å². The number of halogens is 1. The Morgan fingerprint density at radius 1 is 1.14 bits per heavy atom. The number of aromatic nitrogens is 2. The van der Waals surface area contributed by atoms with E-state index >= 15 is 0 Å². The van der Waals surface area contributed by atoms with Gasteiger partial charge in [0.05, 0.1) is 11.6 Å². The number of carboxylic acids is 1. The van der Waals surface area contributed by atoms with Crippen LogP contribution >= 0.6 is 11.6 Å². The predicted molar refractivity (Wildman–Crippen MR) is 135 cm³/mol. The molecule has 3 N–H and O–H groups in total. The SMILES string of the molecule is Cn1nccc1-c1cc(NC(=O)Nc2ccc(Cl)cc2)ccc1OCCN1CCCC(C(=O)O)C1. The Hall–Kier alpha value is -3.56. The summed E-state index contributed by atoms with van der Waals surface area (Å²) in [6, 6.07) is 13.8. The third-order valence-electron chi connectivity index (χ3n) is 5.96. The summed E-state index contributed by atoms with van der Waals surface area (Å²) in [6.07, 6.45) is 3.29. The molecule has 1 aromatic heterocycles. The molecule has 184 valence electrons. The van der Waals surface area contributed by atoms with Crippen LogP contribution in [0.1, 0.15) is 12.8 Å². The van der Waals surface area contributed by atoms with Crippen LogP contribution in [0.15, 0.2) is 54.7 Å². The lowest BCUT2D eigenvalue weighted by Gasteiger charge is -2.30. The molecule has 0 radical (unpaired) electrons. The molecule has 1 fully saturated rings. The highest BCUT2D eigenvalue weighted by molar-refractivity contribution is 6.30. The quantitative estimate of drug-likeness (QED) is 0.421. The zero-order valence-corrected chi connectivity index (χ0v) is 20.2. The van der Waals surface area contributed by atoms with Crippen molar-refractivity contribution < 1.29 is 19.4 Å². The molecule has 10 heteroatoms. The van der Waals surface area contributed by atoms with Gasteiger partial charge in [-0.3, -0.25) is 14.4 Å². The van der Waals surface area contributed by atoms with E-state index in [0.29, 0.717) is 41.8 Å². The number of ether oxygens (including phenoxy) is 1. The number of piperidine rings is 1. The Labute approximate surface area is 208 Å². The van der Waals surface area contributed by atoms with Gasteiger partial charge in [0, 0.05) is 48.3 Å². The number of amides is 2. The maximum Gasteiger partial charge on any atom is 0.323 e. The minimum absolute atomic E-state index is 0.321. The van der Waals surface area contributed by atoms with Crippen LogP contribution in [0.4, 0.5) is 16.2 Å². The number of aliphatic carboxylic acids is 1. The number of rotatable bonds is 8. The molecule has 35 heavy (non-hydrogen) atoms. The van der Waals surface area contributed by atoms with Gasteiger partial charge in [0.15, 0.2) is 0 Å². The molecule has 0 saturated carbocycles. The first kappa shape index (κ1) is 24.6. The number of carbonyl (C=O) groups excluding carboxylic acids is 1. The Morgan fingerprint density at radius 3 is 2.60 bits per heavy atom. The highest BCUT2D eigenvalue weighted by Crippen LogP contribution is 2.32. The average Bonchev–Trinajstić information content (AvgIpc) is 3.27. The molecular formula is C25H28ClN5O4. The van der Waals surface area contributed by atoms with Crippen molar-refractivity contribution in [2.24, 2.45) is 13.0 Å². The monoisotopic (exact) mass is 497 g/mol. The topological polar surface area (TPSA) is 109 Å². The fraction of sp³-hybridized carbons (Fsp3) is 0.320.